The molecule has 0 spiro atoms. The SMILES string of the molecule is CCCC[C@H](N)C(=O)NC[C@@H](CCB(O)O)C[C@](N)(C(=O)O)C(C)C. The number of nitrogens with one attached hydrogen (secondary N) is 1. The zero-order chi connectivity index (χ0) is 19.6. The van der Waals surface area contributed by atoms with E-state index >= 15 is 0 Å². The van der Waals surface area contributed by atoms with Gasteiger partial charge in [-0.25, -0.2) is 0 Å². The first-order chi connectivity index (χ1) is 11.5. The minimum Gasteiger partial charge on any atom is -0.480 e. The average molecular weight is 359 g/mol. The van der Waals surface area contributed by atoms with Crippen molar-refractivity contribution in [3.8, 4) is 0 Å². The highest BCUT2D eigenvalue weighted by molar-refractivity contribution is 6.40. The van der Waals surface area contributed by atoms with E-state index in [1.807, 2.05) is 6.92 Å². The third kappa shape index (κ3) is 8.67. The Kier molecular flexibility index (Phi) is 10.9. The van der Waals surface area contributed by atoms with E-state index in [0.717, 1.165) is 12.8 Å². The summed E-state index contributed by atoms with van der Waals surface area (Å²) in [5.41, 5.74) is 10.4. The van der Waals surface area contributed by atoms with Crippen LogP contribution in [-0.4, -0.2) is 52.3 Å². The van der Waals surface area contributed by atoms with Gasteiger partial charge in [0.25, 0.3) is 0 Å². The van der Waals surface area contributed by atoms with Gasteiger partial charge in [0.15, 0.2) is 0 Å². The number of carboxylic acid groups (broad SMARTS) is 1. The van der Waals surface area contributed by atoms with Crippen LogP contribution < -0.4 is 16.8 Å². The maximum Gasteiger partial charge on any atom is 0.451 e. The summed E-state index contributed by atoms with van der Waals surface area (Å²) in [6.07, 6.45) is 2.92. The van der Waals surface area contributed by atoms with Crippen LogP contribution in [-0.2, 0) is 9.59 Å². The summed E-state index contributed by atoms with van der Waals surface area (Å²) in [5.74, 6) is -2.00. The number of aliphatic carboxylic acids is 1. The Morgan fingerprint density at radius 3 is 2.28 bits per heavy atom. The van der Waals surface area contributed by atoms with Crippen molar-refractivity contribution in [1.82, 2.24) is 5.32 Å². The molecule has 0 heterocycles. The first-order valence-electron chi connectivity index (χ1n) is 8.96. The minimum atomic E-state index is -1.49. The lowest BCUT2D eigenvalue weighted by molar-refractivity contribution is -0.146. The Balaban J connectivity index is 4.88. The highest BCUT2D eigenvalue weighted by atomic mass is 16.4. The van der Waals surface area contributed by atoms with Crippen LogP contribution in [0.25, 0.3) is 0 Å². The van der Waals surface area contributed by atoms with Crippen molar-refractivity contribution < 1.29 is 24.7 Å². The second-order valence-corrected chi connectivity index (χ2v) is 7.12. The van der Waals surface area contributed by atoms with Gasteiger partial charge < -0.3 is 31.9 Å². The molecule has 1 amide bonds. The molecule has 0 unspecified atom stereocenters. The molecule has 0 aromatic heterocycles. The molecule has 0 aromatic rings. The Hall–Kier alpha value is -1.16. The number of hydrogen-bond acceptors (Lipinski definition) is 6. The first-order valence-corrected chi connectivity index (χ1v) is 8.96. The van der Waals surface area contributed by atoms with Gasteiger partial charge in [0, 0.05) is 6.54 Å². The van der Waals surface area contributed by atoms with Gasteiger partial charge in [-0.05, 0) is 31.0 Å². The zero-order valence-electron chi connectivity index (χ0n) is 15.6. The molecule has 0 aliphatic heterocycles. The molecule has 0 radical (unpaired) electrons. The van der Waals surface area contributed by atoms with E-state index in [2.05, 4.69) is 5.32 Å². The smallest absolute Gasteiger partial charge is 0.451 e. The average Bonchev–Trinajstić information content (AvgIpc) is 2.53. The lowest BCUT2D eigenvalue weighted by Gasteiger charge is -2.33. The van der Waals surface area contributed by atoms with Crippen molar-refractivity contribution >= 4 is 19.0 Å². The largest absolute Gasteiger partial charge is 0.480 e. The molecular formula is C16H34BN3O5. The number of carbonyl (C=O) groups is 2. The van der Waals surface area contributed by atoms with Crippen LogP contribution in [0.2, 0.25) is 6.32 Å². The summed E-state index contributed by atoms with van der Waals surface area (Å²) in [4.78, 5) is 23.6. The maximum absolute atomic E-state index is 12.0. The Morgan fingerprint density at radius 1 is 1.24 bits per heavy atom. The molecule has 0 fully saturated rings. The zero-order valence-corrected chi connectivity index (χ0v) is 15.6. The van der Waals surface area contributed by atoms with E-state index in [0.29, 0.717) is 12.8 Å². The summed E-state index contributed by atoms with van der Waals surface area (Å²) in [6, 6.07) is -0.601. The number of unbranched alkanes of at least 4 members (excludes halogenated alkanes) is 1. The van der Waals surface area contributed by atoms with Crippen LogP contribution in [0.1, 0.15) is 52.9 Å². The van der Waals surface area contributed by atoms with E-state index in [9.17, 15) is 14.7 Å². The van der Waals surface area contributed by atoms with Crippen LogP contribution in [0.3, 0.4) is 0 Å². The molecular weight excluding hydrogens is 325 g/mol. The fourth-order valence-corrected chi connectivity index (χ4v) is 2.64. The third-order valence-electron chi connectivity index (χ3n) is 4.66. The number of nitrogens with two attached hydrogens (primary N) is 2. The topological polar surface area (TPSA) is 159 Å². The standard InChI is InChI=1S/C16H34BN3O5/c1-4-5-6-13(18)14(21)20-10-12(7-8-17(24)25)9-16(19,11(2)3)15(22)23/h11-13,24-25H,4-10,18-19H2,1-3H3,(H,20,21)(H,22,23)/t12-,13-,16+/m0/s1. The van der Waals surface area contributed by atoms with Gasteiger partial charge in [0.1, 0.15) is 5.54 Å². The molecule has 0 saturated carbocycles. The van der Waals surface area contributed by atoms with E-state index in [4.69, 9.17) is 21.5 Å². The highest BCUT2D eigenvalue weighted by Gasteiger charge is 2.39. The fourth-order valence-electron chi connectivity index (χ4n) is 2.64. The lowest BCUT2D eigenvalue weighted by atomic mass is 9.74. The first kappa shape index (κ1) is 23.8. The predicted molar refractivity (Wildman–Crippen MR) is 97.6 cm³/mol. The quantitative estimate of drug-likeness (QED) is 0.251. The van der Waals surface area contributed by atoms with E-state index < -0.39 is 24.7 Å². The van der Waals surface area contributed by atoms with Gasteiger partial charge in [-0.2, -0.15) is 0 Å². The lowest BCUT2D eigenvalue weighted by Crippen LogP contribution is -2.54. The number of amides is 1. The Morgan fingerprint density at radius 2 is 1.84 bits per heavy atom. The Labute approximate surface area is 150 Å². The van der Waals surface area contributed by atoms with Crippen LogP contribution in [0.5, 0.6) is 0 Å². The van der Waals surface area contributed by atoms with Crippen molar-refractivity contribution in [2.75, 3.05) is 6.54 Å². The molecule has 8 nitrogen and oxygen atoms in total. The van der Waals surface area contributed by atoms with Crippen LogP contribution in [0.4, 0.5) is 0 Å². The molecule has 0 saturated heterocycles. The summed E-state index contributed by atoms with van der Waals surface area (Å²) < 4.78 is 0. The molecule has 146 valence electrons. The van der Waals surface area contributed by atoms with Gasteiger partial charge in [0.05, 0.1) is 6.04 Å². The van der Waals surface area contributed by atoms with Crippen molar-refractivity contribution in [2.24, 2.45) is 23.3 Å². The Bertz CT molecular complexity index is 423. The minimum absolute atomic E-state index is 0.0796. The van der Waals surface area contributed by atoms with Crippen LogP contribution in [0, 0.1) is 11.8 Å². The molecule has 0 aliphatic carbocycles. The summed E-state index contributed by atoms with van der Waals surface area (Å²) in [5, 5.41) is 30.4. The molecule has 8 N–H and O–H groups in total. The molecule has 25 heavy (non-hydrogen) atoms. The van der Waals surface area contributed by atoms with Crippen LogP contribution in [0.15, 0.2) is 0 Å². The van der Waals surface area contributed by atoms with Crippen molar-refractivity contribution in [3.63, 3.8) is 0 Å². The number of carboxylic acids is 1. The number of carbonyl (C=O) groups excluding carboxylic acids is 1. The molecule has 9 heteroatoms. The van der Waals surface area contributed by atoms with E-state index in [-0.39, 0.29) is 37.0 Å². The summed E-state index contributed by atoms with van der Waals surface area (Å²) in [6.45, 7) is 5.67. The summed E-state index contributed by atoms with van der Waals surface area (Å²) in [7, 11) is -1.49. The molecule has 0 aliphatic rings. The predicted octanol–water partition coefficient (Wildman–Crippen LogP) is -0.0726. The van der Waals surface area contributed by atoms with Crippen molar-refractivity contribution in [3.05, 3.63) is 0 Å². The van der Waals surface area contributed by atoms with Gasteiger partial charge in [-0.1, -0.05) is 40.0 Å². The van der Waals surface area contributed by atoms with Crippen molar-refractivity contribution in [1.29, 1.82) is 0 Å². The maximum atomic E-state index is 12.0. The van der Waals surface area contributed by atoms with E-state index in [1.165, 1.54) is 0 Å². The monoisotopic (exact) mass is 359 g/mol. The van der Waals surface area contributed by atoms with Gasteiger partial charge in [-0.3, -0.25) is 9.59 Å². The second-order valence-electron chi connectivity index (χ2n) is 7.12. The third-order valence-corrected chi connectivity index (χ3v) is 4.66. The number of hydrogen-bond donors (Lipinski definition) is 6. The normalized spacial score (nSPS) is 16.2. The summed E-state index contributed by atoms with van der Waals surface area (Å²) >= 11 is 0. The number of rotatable bonds is 13. The van der Waals surface area contributed by atoms with Gasteiger partial charge in [0.2, 0.25) is 5.91 Å². The van der Waals surface area contributed by atoms with Crippen LogP contribution >= 0.6 is 0 Å². The molecule has 0 rings (SSSR count). The van der Waals surface area contributed by atoms with E-state index in [1.54, 1.807) is 13.8 Å². The molecule has 0 bridgehead atoms. The molecule has 0 aromatic carbocycles. The highest BCUT2D eigenvalue weighted by Crippen LogP contribution is 2.26. The second kappa shape index (κ2) is 11.5. The van der Waals surface area contributed by atoms with Gasteiger partial charge in [-0.15, -0.1) is 0 Å². The molecule has 3 atom stereocenters. The fraction of sp³-hybridized carbons (Fsp3) is 0.875. The van der Waals surface area contributed by atoms with Gasteiger partial charge >= 0.3 is 13.1 Å². The van der Waals surface area contributed by atoms with Crippen molar-refractivity contribution in [2.45, 2.75) is 70.8 Å².